The Bertz CT molecular complexity index is 71.2. The molecule has 0 atom stereocenters. The van der Waals surface area contributed by atoms with Crippen molar-refractivity contribution in [2.24, 2.45) is 5.10 Å². The van der Waals surface area contributed by atoms with Crippen LogP contribution in [0.1, 0.15) is 0 Å². The van der Waals surface area contributed by atoms with Crippen molar-refractivity contribution in [3.63, 3.8) is 0 Å². The first-order chi connectivity index (χ1) is 2.89. The molecule has 0 saturated heterocycles. The number of nitrogens with zero attached hydrogens (tertiary/aromatic N) is 2. The molecule has 0 aliphatic carbocycles. The molecule has 0 aromatic rings. The Morgan fingerprint density at radius 2 is 2.83 bits per heavy atom. The van der Waals surface area contributed by atoms with Gasteiger partial charge < -0.3 is 4.81 Å². The van der Waals surface area contributed by atoms with Crippen LogP contribution in [0, 0.1) is 0 Å². The summed E-state index contributed by atoms with van der Waals surface area (Å²) in [5, 5.41) is 3.72. The van der Waals surface area contributed by atoms with Crippen LogP contribution in [0.4, 0.5) is 0 Å². The zero-order valence-electron chi connectivity index (χ0n) is 3.68. The first-order valence-electron chi connectivity index (χ1n) is 1.86. The van der Waals surface area contributed by atoms with Crippen LogP contribution < -0.4 is 5.43 Å². The molecule has 0 amide bonds. The van der Waals surface area contributed by atoms with E-state index in [-0.39, 0.29) is 0 Å². The van der Waals surface area contributed by atoms with E-state index in [9.17, 15) is 0 Å². The normalized spacial score (nSPS) is 18.3. The molecule has 0 radical (unpaired) electrons. The van der Waals surface area contributed by atoms with Gasteiger partial charge in [-0.15, -0.1) is 0 Å². The van der Waals surface area contributed by atoms with Crippen LogP contribution in [-0.2, 0) is 0 Å². The van der Waals surface area contributed by atoms with Crippen molar-refractivity contribution in [2.75, 3.05) is 6.67 Å². The maximum Gasteiger partial charge on any atom is 0.221 e. The molecule has 0 unspecified atom stereocenters. The summed E-state index contributed by atoms with van der Waals surface area (Å²) < 4.78 is 0. The van der Waals surface area contributed by atoms with E-state index in [0.29, 0.717) is 0 Å². The monoisotopic (exact) mass is 83.1 g/mol. The lowest BCUT2D eigenvalue weighted by Crippen LogP contribution is -2.18. The molecule has 1 aliphatic heterocycles. The second-order valence-corrected chi connectivity index (χ2v) is 1.32. The minimum Gasteiger partial charge on any atom is -0.395 e. The number of hydrogen-bond donors (Lipinski definition) is 1. The molecule has 1 rings (SSSR count). The minimum absolute atomic E-state index is 0.847. The summed E-state index contributed by atoms with van der Waals surface area (Å²) in [7, 11) is 1.96. The van der Waals surface area contributed by atoms with E-state index in [4.69, 9.17) is 0 Å². The van der Waals surface area contributed by atoms with Crippen LogP contribution >= 0.6 is 0 Å². The van der Waals surface area contributed by atoms with Crippen LogP contribution in [0.2, 0.25) is 0 Å². The summed E-state index contributed by atoms with van der Waals surface area (Å²) in [5.74, 6) is 0. The standard InChI is InChI=1S/C2H6BN3/c3-6-1-4-5-2-6/h1,5H,2-3H2. The van der Waals surface area contributed by atoms with Gasteiger partial charge in [-0.25, -0.2) is 0 Å². The number of nitrogens with one attached hydrogen (secondary N) is 1. The summed E-state index contributed by atoms with van der Waals surface area (Å²) in [4.78, 5) is 1.96. The zero-order chi connectivity index (χ0) is 4.41. The van der Waals surface area contributed by atoms with Gasteiger partial charge in [0, 0.05) is 0 Å². The number of hydrazone groups is 1. The van der Waals surface area contributed by atoms with Gasteiger partial charge in [-0.2, -0.15) is 5.10 Å². The second kappa shape index (κ2) is 1.20. The van der Waals surface area contributed by atoms with Crippen molar-refractivity contribution in [3.8, 4) is 0 Å². The third-order valence-corrected chi connectivity index (χ3v) is 0.666. The molecule has 6 heavy (non-hydrogen) atoms. The van der Waals surface area contributed by atoms with Gasteiger partial charge in [0.2, 0.25) is 7.98 Å². The topological polar surface area (TPSA) is 27.6 Å². The predicted molar refractivity (Wildman–Crippen MR) is 26.9 cm³/mol. The fourth-order valence-electron chi connectivity index (χ4n) is 0.333. The molecule has 0 saturated carbocycles. The molecule has 0 aromatic carbocycles. The fraction of sp³-hybridized carbons (Fsp3) is 0.500. The van der Waals surface area contributed by atoms with Crippen LogP contribution in [0.25, 0.3) is 0 Å². The fourth-order valence-corrected chi connectivity index (χ4v) is 0.333. The summed E-state index contributed by atoms with van der Waals surface area (Å²) in [6, 6.07) is 0. The van der Waals surface area contributed by atoms with Crippen LogP contribution in [0.15, 0.2) is 5.10 Å². The van der Waals surface area contributed by atoms with Gasteiger partial charge in [-0.05, 0) is 0 Å². The second-order valence-electron chi connectivity index (χ2n) is 1.32. The Morgan fingerprint density at radius 1 is 2.00 bits per heavy atom. The Morgan fingerprint density at radius 3 is 3.00 bits per heavy atom. The molecule has 32 valence electrons. The van der Waals surface area contributed by atoms with Crippen molar-refractivity contribution in [1.82, 2.24) is 10.2 Å². The SMILES string of the molecule is BN1C=NNC1. The van der Waals surface area contributed by atoms with E-state index in [1.807, 2.05) is 12.8 Å². The van der Waals surface area contributed by atoms with Gasteiger partial charge in [0.25, 0.3) is 0 Å². The molecule has 1 N–H and O–H groups in total. The molecule has 1 heterocycles. The van der Waals surface area contributed by atoms with Gasteiger partial charge in [-0.3, -0.25) is 5.43 Å². The summed E-state index contributed by atoms with van der Waals surface area (Å²) in [6.45, 7) is 0.847. The van der Waals surface area contributed by atoms with E-state index in [1.54, 1.807) is 6.34 Å². The molecule has 3 nitrogen and oxygen atoms in total. The first kappa shape index (κ1) is 3.52. The maximum absolute atomic E-state index is 3.72. The molecule has 0 spiro atoms. The third kappa shape index (κ3) is 0.453. The lowest BCUT2D eigenvalue weighted by atomic mass is 10.4. The van der Waals surface area contributed by atoms with E-state index in [2.05, 4.69) is 10.5 Å². The average molecular weight is 82.9 g/mol. The van der Waals surface area contributed by atoms with Crippen molar-refractivity contribution in [3.05, 3.63) is 0 Å². The third-order valence-electron chi connectivity index (χ3n) is 0.666. The smallest absolute Gasteiger partial charge is 0.221 e. The maximum atomic E-state index is 3.72. The van der Waals surface area contributed by atoms with Gasteiger partial charge in [0.05, 0.1) is 13.0 Å². The lowest BCUT2D eigenvalue weighted by Gasteiger charge is -1.99. The highest BCUT2D eigenvalue weighted by atomic mass is 15.4. The van der Waals surface area contributed by atoms with Gasteiger partial charge in [0.15, 0.2) is 0 Å². The van der Waals surface area contributed by atoms with E-state index < -0.39 is 0 Å². The number of hydrogen-bond acceptors (Lipinski definition) is 3. The predicted octanol–water partition coefficient (Wildman–Crippen LogP) is -1.66. The highest BCUT2D eigenvalue weighted by molar-refractivity contribution is 6.11. The van der Waals surface area contributed by atoms with Gasteiger partial charge in [0.1, 0.15) is 0 Å². The molecule has 0 aromatic heterocycles. The summed E-state index contributed by atoms with van der Waals surface area (Å²) in [5.41, 5.74) is 2.77. The minimum atomic E-state index is 0.847. The highest BCUT2D eigenvalue weighted by Crippen LogP contribution is 1.75. The molecule has 4 heteroatoms. The Labute approximate surface area is 37.4 Å². The Hall–Kier alpha value is -0.665. The van der Waals surface area contributed by atoms with Crippen LogP contribution in [-0.4, -0.2) is 25.8 Å². The quantitative estimate of drug-likeness (QED) is 0.355. The molecular weight excluding hydrogens is 76.9 g/mol. The first-order valence-corrected chi connectivity index (χ1v) is 1.86. The average Bonchev–Trinajstić information content (AvgIpc) is 1.86. The largest absolute Gasteiger partial charge is 0.395 e. The van der Waals surface area contributed by atoms with Gasteiger partial charge >= 0.3 is 0 Å². The highest BCUT2D eigenvalue weighted by Gasteiger charge is 1.92. The van der Waals surface area contributed by atoms with Crippen molar-refractivity contribution in [2.45, 2.75) is 0 Å². The van der Waals surface area contributed by atoms with Crippen molar-refractivity contribution in [1.29, 1.82) is 0 Å². The van der Waals surface area contributed by atoms with E-state index in [0.717, 1.165) is 6.67 Å². The molecule has 0 fully saturated rings. The van der Waals surface area contributed by atoms with E-state index in [1.165, 1.54) is 0 Å². The van der Waals surface area contributed by atoms with Crippen molar-refractivity contribution >= 4 is 14.3 Å². The van der Waals surface area contributed by atoms with Crippen molar-refractivity contribution < 1.29 is 0 Å². The zero-order valence-corrected chi connectivity index (χ0v) is 3.68. The molecule has 0 bridgehead atoms. The van der Waals surface area contributed by atoms with Crippen LogP contribution in [0.3, 0.4) is 0 Å². The summed E-state index contributed by atoms with van der Waals surface area (Å²) >= 11 is 0. The summed E-state index contributed by atoms with van der Waals surface area (Å²) in [6.07, 6.45) is 1.75. The van der Waals surface area contributed by atoms with E-state index >= 15 is 0 Å². The van der Waals surface area contributed by atoms with Gasteiger partial charge in [-0.1, -0.05) is 0 Å². The molecule has 1 aliphatic rings. The Balaban J connectivity index is 2.38. The lowest BCUT2D eigenvalue weighted by molar-refractivity contribution is 0.632. The molecular formula is C2H6BN3. The number of rotatable bonds is 0. The van der Waals surface area contributed by atoms with Crippen LogP contribution in [0.5, 0.6) is 0 Å². The Kier molecular flexibility index (Phi) is 0.705.